The van der Waals surface area contributed by atoms with Gasteiger partial charge in [0, 0.05) is 23.6 Å². The van der Waals surface area contributed by atoms with Gasteiger partial charge >= 0.3 is 6.18 Å². The lowest BCUT2D eigenvalue weighted by Gasteiger charge is -2.10. The molecule has 0 unspecified atom stereocenters. The van der Waals surface area contributed by atoms with E-state index in [4.69, 9.17) is 4.42 Å². The summed E-state index contributed by atoms with van der Waals surface area (Å²) in [7, 11) is 0. The third kappa shape index (κ3) is 2.82. The summed E-state index contributed by atoms with van der Waals surface area (Å²) < 4.78 is 45.4. The van der Waals surface area contributed by atoms with Crippen molar-refractivity contribution in [2.75, 3.05) is 5.32 Å². The molecule has 0 amide bonds. The topological polar surface area (TPSA) is 55.4 Å². The van der Waals surface area contributed by atoms with Crippen molar-refractivity contribution >= 4 is 17.2 Å². The van der Waals surface area contributed by atoms with Crippen molar-refractivity contribution < 1.29 is 17.6 Å². The van der Waals surface area contributed by atoms with Gasteiger partial charge in [-0.3, -0.25) is 4.40 Å². The molecule has 0 radical (unpaired) electrons. The molecular formula is C17H11F3N4O. The number of imidazole rings is 1. The molecule has 4 aromatic rings. The van der Waals surface area contributed by atoms with Crippen LogP contribution in [-0.4, -0.2) is 14.4 Å². The van der Waals surface area contributed by atoms with Gasteiger partial charge in [0.25, 0.3) is 0 Å². The van der Waals surface area contributed by atoms with E-state index in [-0.39, 0.29) is 5.69 Å². The zero-order valence-electron chi connectivity index (χ0n) is 12.7. The maximum atomic E-state index is 12.9. The van der Waals surface area contributed by atoms with E-state index in [0.29, 0.717) is 11.5 Å². The van der Waals surface area contributed by atoms with Crippen molar-refractivity contribution in [1.29, 1.82) is 0 Å². The number of anilines is 2. The van der Waals surface area contributed by atoms with E-state index in [1.54, 1.807) is 47.7 Å². The lowest BCUT2D eigenvalue weighted by molar-refractivity contribution is -0.137. The minimum atomic E-state index is -4.40. The third-order valence-electron chi connectivity index (χ3n) is 3.70. The van der Waals surface area contributed by atoms with Crippen LogP contribution >= 0.6 is 0 Å². The Balaban J connectivity index is 1.74. The fourth-order valence-corrected chi connectivity index (χ4v) is 2.54. The lowest BCUT2D eigenvalue weighted by Crippen LogP contribution is -2.05. The van der Waals surface area contributed by atoms with Gasteiger partial charge in [0.15, 0.2) is 11.5 Å². The molecule has 25 heavy (non-hydrogen) atoms. The Morgan fingerprint density at radius 2 is 2.00 bits per heavy atom. The summed E-state index contributed by atoms with van der Waals surface area (Å²) in [5.41, 5.74) is 1.67. The number of nitrogens with zero attached hydrogens (tertiary/aromatic N) is 3. The highest BCUT2D eigenvalue weighted by atomic mass is 19.4. The molecule has 1 N–H and O–H groups in total. The highest BCUT2D eigenvalue weighted by Crippen LogP contribution is 2.32. The van der Waals surface area contributed by atoms with Crippen LogP contribution < -0.4 is 5.32 Å². The van der Waals surface area contributed by atoms with Gasteiger partial charge in [0.2, 0.25) is 0 Å². The number of fused-ring (bicyclic) bond motifs is 1. The molecular weight excluding hydrogens is 333 g/mol. The Morgan fingerprint density at radius 1 is 1.12 bits per heavy atom. The van der Waals surface area contributed by atoms with Crippen molar-refractivity contribution in [3.05, 3.63) is 67.0 Å². The monoisotopic (exact) mass is 344 g/mol. The summed E-state index contributed by atoms with van der Waals surface area (Å²) in [5.74, 6) is 0.358. The van der Waals surface area contributed by atoms with Crippen molar-refractivity contribution in [2.45, 2.75) is 6.18 Å². The van der Waals surface area contributed by atoms with Gasteiger partial charge in [-0.05, 0) is 24.3 Å². The fraction of sp³-hybridized carbons (Fsp3) is 0.0588. The molecule has 4 rings (SSSR count). The van der Waals surface area contributed by atoms with Crippen LogP contribution in [0.1, 0.15) is 5.56 Å². The second kappa shape index (κ2) is 5.66. The van der Waals surface area contributed by atoms with Crippen LogP contribution in [-0.2, 0) is 6.18 Å². The molecule has 0 saturated carbocycles. The number of nitrogens with one attached hydrogen (secondary N) is 1. The molecule has 0 aliphatic heterocycles. The normalized spacial score (nSPS) is 11.8. The van der Waals surface area contributed by atoms with Gasteiger partial charge in [0.05, 0.1) is 30.0 Å². The molecule has 0 fully saturated rings. The second-order valence-electron chi connectivity index (χ2n) is 5.33. The van der Waals surface area contributed by atoms with Crippen LogP contribution in [0.15, 0.2) is 65.9 Å². The lowest BCUT2D eigenvalue weighted by atomic mass is 10.2. The molecule has 3 aromatic heterocycles. The zero-order valence-corrected chi connectivity index (χ0v) is 12.7. The number of alkyl halides is 3. The summed E-state index contributed by atoms with van der Waals surface area (Å²) in [6.45, 7) is 0. The average Bonchev–Trinajstić information content (AvgIpc) is 3.24. The zero-order chi connectivity index (χ0) is 17.4. The standard InChI is InChI=1S/C17H11F3N4O/c18-17(19,20)12-2-1-3-13(8-12)23-15-16-22-9-14(11-4-7-25-10-11)24(16)6-5-21-15/h1-10H,(H,21,23). The van der Waals surface area contributed by atoms with Gasteiger partial charge < -0.3 is 9.73 Å². The number of aromatic nitrogens is 3. The van der Waals surface area contributed by atoms with E-state index in [0.717, 1.165) is 23.4 Å². The first-order chi connectivity index (χ1) is 12.0. The minimum Gasteiger partial charge on any atom is -0.472 e. The predicted octanol–water partition coefficient (Wildman–Crippen LogP) is 4.75. The molecule has 0 aliphatic carbocycles. The number of hydrogen-bond donors (Lipinski definition) is 1. The largest absolute Gasteiger partial charge is 0.472 e. The van der Waals surface area contributed by atoms with Crippen molar-refractivity contribution in [3.8, 4) is 11.3 Å². The second-order valence-corrected chi connectivity index (χ2v) is 5.33. The van der Waals surface area contributed by atoms with E-state index in [1.165, 1.54) is 6.07 Å². The molecule has 0 atom stereocenters. The molecule has 3 heterocycles. The highest BCUT2D eigenvalue weighted by Gasteiger charge is 2.30. The number of benzene rings is 1. The first-order valence-electron chi connectivity index (χ1n) is 7.31. The average molecular weight is 344 g/mol. The van der Waals surface area contributed by atoms with Gasteiger partial charge in [-0.25, -0.2) is 9.97 Å². The van der Waals surface area contributed by atoms with E-state index in [1.807, 2.05) is 0 Å². The van der Waals surface area contributed by atoms with Crippen LogP contribution in [0.5, 0.6) is 0 Å². The summed E-state index contributed by atoms with van der Waals surface area (Å²) in [6.07, 6.45) is 3.66. The number of furan rings is 1. The predicted molar refractivity (Wildman–Crippen MR) is 85.4 cm³/mol. The van der Waals surface area contributed by atoms with Gasteiger partial charge in [0.1, 0.15) is 0 Å². The molecule has 5 nitrogen and oxygen atoms in total. The third-order valence-corrected chi connectivity index (χ3v) is 3.70. The number of hydrogen-bond acceptors (Lipinski definition) is 4. The van der Waals surface area contributed by atoms with Crippen LogP contribution in [0.4, 0.5) is 24.7 Å². The highest BCUT2D eigenvalue weighted by molar-refractivity contribution is 5.74. The maximum absolute atomic E-state index is 12.9. The Kier molecular flexibility index (Phi) is 3.45. The van der Waals surface area contributed by atoms with E-state index >= 15 is 0 Å². The molecule has 1 aromatic carbocycles. The molecule has 0 aliphatic rings. The van der Waals surface area contributed by atoms with E-state index < -0.39 is 11.7 Å². The summed E-state index contributed by atoms with van der Waals surface area (Å²) >= 11 is 0. The number of rotatable bonds is 3. The SMILES string of the molecule is FC(F)(F)c1cccc(Nc2nccn3c(-c4ccoc4)cnc23)c1. The Bertz CT molecular complexity index is 1020. The molecule has 0 bridgehead atoms. The van der Waals surface area contributed by atoms with E-state index in [9.17, 15) is 13.2 Å². The van der Waals surface area contributed by atoms with Crippen LogP contribution in [0, 0.1) is 0 Å². The Hall–Kier alpha value is -3.29. The number of halogens is 3. The maximum Gasteiger partial charge on any atom is 0.416 e. The van der Waals surface area contributed by atoms with Crippen molar-refractivity contribution in [3.63, 3.8) is 0 Å². The van der Waals surface area contributed by atoms with Gasteiger partial charge in [-0.2, -0.15) is 13.2 Å². The molecule has 126 valence electrons. The van der Waals surface area contributed by atoms with Gasteiger partial charge in [-0.1, -0.05) is 6.07 Å². The van der Waals surface area contributed by atoms with Crippen molar-refractivity contribution in [1.82, 2.24) is 14.4 Å². The first-order valence-corrected chi connectivity index (χ1v) is 7.31. The summed E-state index contributed by atoms with van der Waals surface area (Å²) in [4.78, 5) is 8.51. The van der Waals surface area contributed by atoms with Crippen LogP contribution in [0.2, 0.25) is 0 Å². The van der Waals surface area contributed by atoms with Gasteiger partial charge in [-0.15, -0.1) is 0 Å². The fourth-order valence-electron chi connectivity index (χ4n) is 2.54. The van der Waals surface area contributed by atoms with E-state index in [2.05, 4.69) is 15.3 Å². The Morgan fingerprint density at radius 3 is 2.76 bits per heavy atom. The van der Waals surface area contributed by atoms with Crippen molar-refractivity contribution in [2.24, 2.45) is 0 Å². The van der Waals surface area contributed by atoms with Crippen LogP contribution in [0.3, 0.4) is 0 Å². The quantitative estimate of drug-likeness (QED) is 0.583. The summed E-state index contributed by atoms with van der Waals surface area (Å²) in [5, 5.41) is 2.90. The molecule has 0 saturated heterocycles. The smallest absolute Gasteiger partial charge is 0.416 e. The van der Waals surface area contributed by atoms with Crippen LogP contribution in [0.25, 0.3) is 16.9 Å². The molecule has 0 spiro atoms. The molecule has 8 heteroatoms. The first kappa shape index (κ1) is 15.3. The minimum absolute atomic E-state index is 0.281. The Labute approximate surface area is 139 Å². The summed E-state index contributed by atoms with van der Waals surface area (Å²) in [6, 6.07) is 6.73.